The number of aromatic hydroxyl groups is 1. The number of hydrogen-bond acceptors (Lipinski definition) is 10. The van der Waals surface area contributed by atoms with Crippen molar-refractivity contribution in [3.63, 3.8) is 0 Å². The molecule has 0 spiro atoms. The minimum atomic E-state index is -2.89. The average molecular weight is 585 g/mol. The minimum absolute atomic E-state index is 0. The summed E-state index contributed by atoms with van der Waals surface area (Å²) in [5.74, 6) is -9.74. The van der Waals surface area contributed by atoms with E-state index in [1.165, 1.54) is 25.1 Å². The van der Waals surface area contributed by atoms with Crippen LogP contribution in [0.5, 0.6) is 5.75 Å². The van der Waals surface area contributed by atoms with Crippen LogP contribution in [0.1, 0.15) is 39.1 Å². The molecule has 224 valence electrons. The molecule has 0 saturated carbocycles. The van der Waals surface area contributed by atoms with Crippen LogP contribution in [-0.4, -0.2) is 96.3 Å². The average Bonchev–Trinajstić information content (AvgIpc) is 2.91. The van der Waals surface area contributed by atoms with Gasteiger partial charge in [-0.3, -0.25) is 19.3 Å². The first-order valence-electron chi connectivity index (χ1n) is 12.6. The van der Waals surface area contributed by atoms with E-state index in [4.69, 9.17) is 10.8 Å². The zero-order chi connectivity index (χ0) is 30.5. The fourth-order valence-electron chi connectivity index (χ4n) is 6.16. The van der Waals surface area contributed by atoms with Gasteiger partial charge in [-0.1, -0.05) is 37.3 Å². The van der Waals surface area contributed by atoms with Gasteiger partial charge >= 0.3 is 5.97 Å². The molecular weight excluding hydrogens is 552 g/mol. The van der Waals surface area contributed by atoms with Gasteiger partial charge in [0.05, 0.1) is 29.2 Å². The number of nitrogens with two attached hydrogens (primary N) is 1. The van der Waals surface area contributed by atoms with Crippen molar-refractivity contribution in [1.29, 1.82) is 0 Å². The number of hydrogen-bond donors (Lipinski definition) is 7. The number of fused-ring (bicyclic) bond motifs is 3. The summed E-state index contributed by atoms with van der Waals surface area (Å²) in [6.45, 7) is 1.68. The molecule has 0 fully saturated rings. The molecule has 2 aromatic carbocycles. The third kappa shape index (κ3) is 4.61. The molecule has 0 heterocycles. The number of amides is 1. The molecule has 3 aliphatic rings. The molecule has 6 atom stereocenters. The number of likely N-dealkylation sites (N-methyl/N-ethyl adjacent to an activating group) is 1. The predicted molar refractivity (Wildman–Crippen MR) is 147 cm³/mol. The number of phenols is 1. The van der Waals surface area contributed by atoms with E-state index in [0.717, 1.165) is 0 Å². The molecule has 0 aliphatic heterocycles. The van der Waals surface area contributed by atoms with Gasteiger partial charge in [-0.05, 0) is 43.8 Å². The van der Waals surface area contributed by atoms with Crippen molar-refractivity contribution in [1.82, 2.24) is 4.90 Å². The molecule has 5 rings (SSSR count). The predicted octanol–water partition coefficient (Wildman–Crippen LogP) is 0.213. The second-order valence-electron chi connectivity index (χ2n) is 10.5. The molecule has 1 amide bonds. The summed E-state index contributed by atoms with van der Waals surface area (Å²) in [6.07, 6.45) is -1.59. The van der Waals surface area contributed by atoms with Crippen LogP contribution in [0.25, 0.3) is 0 Å². The molecule has 13 nitrogen and oxygen atoms in total. The minimum Gasteiger partial charge on any atom is -0.510 e. The highest BCUT2D eigenvalue weighted by molar-refractivity contribution is 6.25. The fraction of sp³-hybridized carbons (Fsp3) is 0.310. The number of primary amides is 1. The molecule has 0 unspecified atom stereocenters. The van der Waals surface area contributed by atoms with Crippen LogP contribution >= 0.6 is 0 Å². The van der Waals surface area contributed by atoms with Gasteiger partial charge in [-0.15, -0.1) is 0 Å². The van der Waals surface area contributed by atoms with Crippen molar-refractivity contribution in [3.05, 3.63) is 87.9 Å². The molecule has 2 aromatic rings. The highest BCUT2D eigenvalue weighted by atomic mass is 16.4. The van der Waals surface area contributed by atoms with Gasteiger partial charge < -0.3 is 41.8 Å². The lowest BCUT2D eigenvalue weighted by molar-refractivity contribution is -0.162. The molecule has 0 aromatic heterocycles. The molecule has 42 heavy (non-hydrogen) atoms. The Labute approximate surface area is 239 Å². The number of aliphatic hydroxyl groups excluding tert-OH is 3. The summed E-state index contributed by atoms with van der Waals surface area (Å²) in [5.41, 5.74) is 1.69. The number of aliphatic hydroxyl groups is 4. The largest absolute Gasteiger partial charge is 0.510 e. The van der Waals surface area contributed by atoms with Crippen LogP contribution in [0.3, 0.4) is 0 Å². The molecule has 0 bridgehead atoms. The van der Waals surface area contributed by atoms with Gasteiger partial charge in [0, 0.05) is 11.5 Å². The van der Waals surface area contributed by atoms with Crippen LogP contribution in [0.2, 0.25) is 0 Å². The maximum atomic E-state index is 13.3. The first-order chi connectivity index (χ1) is 19.2. The van der Waals surface area contributed by atoms with Gasteiger partial charge in [0.1, 0.15) is 22.8 Å². The summed E-state index contributed by atoms with van der Waals surface area (Å²) in [4.78, 5) is 50.0. The number of phenolic OH excluding ortho intramolecular Hbond substituents is 1. The summed E-state index contributed by atoms with van der Waals surface area (Å²) in [7, 11) is 2.98. The Kier molecular flexibility index (Phi) is 8.65. The first kappa shape index (κ1) is 32.0. The maximum absolute atomic E-state index is 13.3. The van der Waals surface area contributed by atoms with Gasteiger partial charge in [-0.25, -0.2) is 4.79 Å². The monoisotopic (exact) mass is 584 g/mol. The highest BCUT2D eigenvalue weighted by Gasteiger charge is 2.67. The Morgan fingerprint density at radius 2 is 1.57 bits per heavy atom. The van der Waals surface area contributed by atoms with E-state index in [1.54, 1.807) is 49.4 Å². The van der Waals surface area contributed by atoms with Crippen LogP contribution in [0, 0.1) is 11.8 Å². The first-order valence-corrected chi connectivity index (χ1v) is 12.6. The van der Waals surface area contributed by atoms with E-state index < -0.39 is 81.6 Å². The van der Waals surface area contributed by atoms with Crippen LogP contribution in [-0.2, 0) is 9.59 Å². The number of nitrogens with zero attached hydrogens (tertiary/aromatic N) is 1. The number of aromatic carboxylic acids is 1. The topological polar surface area (TPSA) is 250 Å². The molecule has 13 heteroatoms. The zero-order valence-electron chi connectivity index (χ0n) is 22.8. The van der Waals surface area contributed by atoms with Crippen molar-refractivity contribution in [2.24, 2.45) is 17.6 Å². The van der Waals surface area contributed by atoms with Crippen molar-refractivity contribution < 1.29 is 55.3 Å². The van der Waals surface area contributed by atoms with E-state index in [0.29, 0.717) is 11.1 Å². The Hall–Kier alpha value is -4.56. The molecule has 0 radical (unpaired) electrons. The number of benzene rings is 2. The van der Waals surface area contributed by atoms with Gasteiger partial charge in [-0.2, -0.15) is 0 Å². The molecule has 0 saturated heterocycles. The smallest absolute Gasteiger partial charge is 0.335 e. The number of carboxylic acids is 1. The number of carboxylic acid groups (broad SMARTS) is 1. The van der Waals surface area contributed by atoms with Crippen LogP contribution in [0.4, 0.5) is 0 Å². The van der Waals surface area contributed by atoms with E-state index in [-0.39, 0.29) is 16.8 Å². The summed E-state index contributed by atoms with van der Waals surface area (Å²) < 4.78 is 0. The lowest BCUT2D eigenvalue weighted by Gasteiger charge is -2.53. The van der Waals surface area contributed by atoms with Crippen molar-refractivity contribution in [2.45, 2.75) is 30.6 Å². The molecule has 3 aliphatic carbocycles. The van der Waals surface area contributed by atoms with E-state index >= 15 is 0 Å². The van der Waals surface area contributed by atoms with Crippen molar-refractivity contribution in [3.8, 4) is 5.75 Å². The molecule has 10 N–H and O–H groups in total. The Bertz CT molecular complexity index is 1510. The number of ketones is 2. The Morgan fingerprint density at radius 3 is 2.07 bits per heavy atom. The zero-order valence-corrected chi connectivity index (χ0v) is 22.8. The quantitative estimate of drug-likeness (QED) is 0.240. The Balaban J connectivity index is 0.000000415. The van der Waals surface area contributed by atoms with Gasteiger partial charge in [0.25, 0.3) is 5.91 Å². The van der Waals surface area contributed by atoms with Crippen molar-refractivity contribution in [2.75, 3.05) is 14.1 Å². The lowest BCUT2D eigenvalue weighted by Crippen LogP contribution is -2.68. The summed E-state index contributed by atoms with van der Waals surface area (Å²) in [5, 5.41) is 63.4. The van der Waals surface area contributed by atoms with Crippen molar-refractivity contribution >= 4 is 23.4 Å². The third-order valence-corrected chi connectivity index (χ3v) is 8.02. The number of Topliss-reactive ketones (excluding diaryl/α,β-unsaturated/α-hetero) is 2. The van der Waals surface area contributed by atoms with E-state index in [9.17, 15) is 44.7 Å². The SMILES string of the molecule is C[C@H]1c2cccc(O)c2C(=O)C2=C(O)[C@]3(O)C(=O)C(C(N)=O)=C(O)[C@@H](N(C)C)[C@@H]3[C@@H](O)[C@@H]21.O.O=C(O)c1ccccc1. The van der Waals surface area contributed by atoms with Gasteiger partial charge in [0.2, 0.25) is 5.78 Å². The number of carbonyl (C=O) groups excluding carboxylic acids is 3. The van der Waals surface area contributed by atoms with Crippen LogP contribution in [0.15, 0.2) is 71.2 Å². The Morgan fingerprint density at radius 1 is 0.976 bits per heavy atom. The summed E-state index contributed by atoms with van der Waals surface area (Å²) in [6, 6.07) is 11.5. The van der Waals surface area contributed by atoms with E-state index in [2.05, 4.69) is 0 Å². The standard InChI is InChI=1S/C22H24N2O8.C7H6O2.H2O/c1-7-8-5-4-6-9(25)11(8)16(26)12-10(7)17(27)14-15(24(2)3)18(28)13(21(23)31)20(30)22(14,32)19(12)29;8-7(9)6-4-2-1-3-5-6;/h4-7,10,14-15,17,25,27-29,32H,1-3H3,(H2,23,31);1-5H,(H,8,9);1H2/t7-,10+,14+,15-,17-,22-;;/m0../s1. The summed E-state index contributed by atoms with van der Waals surface area (Å²) >= 11 is 0. The fourth-order valence-corrected chi connectivity index (χ4v) is 6.16. The van der Waals surface area contributed by atoms with Gasteiger partial charge in [0.15, 0.2) is 11.4 Å². The molecular formula is C29H32N2O11. The third-order valence-electron chi connectivity index (χ3n) is 8.02. The van der Waals surface area contributed by atoms with E-state index in [1.807, 2.05) is 0 Å². The highest BCUT2D eigenvalue weighted by Crippen LogP contribution is 2.55. The number of carbonyl (C=O) groups is 4. The number of rotatable bonds is 3. The lowest BCUT2D eigenvalue weighted by atomic mass is 9.55. The second kappa shape index (κ2) is 11.4. The normalized spacial score (nSPS) is 28.1. The maximum Gasteiger partial charge on any atom is 0.335 e. The second-order valence-corrected chi connectivity index (χ2v) is 10.5. The van der Waals surface area contributed by atoms with Crippen LogP contribution < -0.4 is 5.73 Å².